The van der Waals surface area contributed by atoms with Gasteiger partial charge in [-0.2, -0.15) is 5.10 Å². The number of anilines is 2. The zero-order valence-corrected chi connectivity index (χ0v) is 17.5. The number of hydrogen-bond donors (Lipinski definition) is 2. The van der Waals surface area contributed by atoms with Crippen LogP contribution in [0.2, 0.25) is 0 Å². The number of aromatic nitrogens is 2. The normalized spacial score (nSPS) is 11.1. The predicted octanol–water partition coefficient (Wildman–Crippen LogP) is 4.20. The van der Waals surface area contributed by atoms with Crippen LogP contribution in [-0.2, 0) is 0 Å². The number of carbonyl (C=O) groups is 1. The lowest BCUT2D eigenvalue weighted by molar-refractivity contribution is 0.0951. The smallest absolute Gasteiger partial charge is 0.251 e. The molecule has 7 heteroatoms. The van der Waals surface area contributed by atoms with Gasteiger partial charge in [0.25, 0.3) is 5.91 Å². The minimum atomic E-state index is -0.307. The highest BCUT2D eigenvalue weighted by molar-refractivity contribution is 5.95. The molecule has 0 aliphatic rings. The molecule has 0 aliphatic heterocycles. The lowest BCUT2D eigenvalue weighted by atomic mass is 10.1. The fraction of sp³-hybridized carbons (Fsp3) is 0.167. The minimum Gasteiger partial charge on any atom is -0.353 e. The van der Waals surface area contributed by atoms with Crippen LogP contribution >= 0.6 is 0 Å². The number of nitrogens with zero attached hydrogens (tertiary/aromatic N) is 3. The molecule has 0 spiro atoms. The van der Waals surface area contributed by atoms with Crippen LogP contribution in [0.5, 0.6) is 0 Å². The van der Waals surface area contributed by atoms with Gasteiger partial charge < -0.3 is 15.5 Å². The molecule has 31 heavy (non-hydrogen) atoms. The van der Waals surface area contributed by atoms with Crippen molar-refractivity contribution in [3.05, 3.63) is 84.3 Å². The van der Waals surface area contributed by atoms with Crippen molar-refractivity contribution >= 4 is 28.2 Å². The topological polar surface area (TPSA) is 62.2 Å². The molecule has 0 bridgehead atoms. The number of benzene rings is 3. The van der Waals surface area contributed by atoms with Gasteiger partial charge in [0.15, 0.2) is 0 Å². The van der Waals surface area contributed by atoms with Gasteiger partial charge in [0.05, 0.1) is 23.1 Å². The molecule has 0 fully saturated rings. The molecule has 0 saturated heterocycles. The van der Waals surface area contributed by atoms with E-state index in [0.29, 0.717) is 17.8 Å². The van der Waals surface area contributed by atoms with Crippen LogP contribution in [0, 0.1) is 5.82 Å². The highest BCUT2D eigenvalue weighted by Crippen LogP contribution is 2.25. The predicted molar refractivity (Wildman–Crippen MR) is 122 cm³/mol. The van der Waals surface area contributed by atoms with Gasteiger partial charge in [0, 0.05) is 29.7 Å². The van der Waals surface area contributed by atoms with E-state index in [2.05, 4.69) is 15.7 Å². The number of rotatable bonds is 7. The number of para-hydroxylation sites is 1. The molecule has 0 atom stereocenters. The maximum absolute atomic E-state index is 13.9. The Morgan fingerprint density at radius 2 is 1.90 bits per heavy atom. The third kappa shape index (κ3) is 4.73. The van der Waals surface area contributed by atoms with E-state index < -0.39 is 0 Å². The molecule has 4 rings (SSSR count). The fourth-order valence-electron chi connectivity index (χ4n) is 3.31. The van der Waals surface area contributed by atoms with E-state index in [1.54, 1.807) is 35.1 Å². The van der Waals surface area contributed by atoms with Crippen molar-refractivity contribution in [2.24, 2.45) is 0 Å². The standard InChI is InChI=1S/C24H24FN5O/c1-29(2)13-12-26-24(31)17-6-5-7-20(15-17)30-23-11-10-19(14-18(23)16-27-30)28-22-9-4-3-8-21(22)25/h3-11,14-16,28H,12-13H2,1-2H3,(H,26,31). The van der Waals surface area contributed by atoms with Crippen LogP contribution in [0.3, 0.4) is 0 Å². The summed E-state index contributed by atoms with van der Waals surface area (Å²) in [6, 6.07) is 19.6. The summed E-state index contributed by atoms with van der Waals surface area (Å²) >= 11 is 0. The Bertz CT molecular complexity index is 1220. The van der Waals surface area contributed by atoms with E-state index in [4.69, 9.17) is 0 Å². The van der Waals surface area contributed by atoms with Crippen molar-refractivity contribution in [3.63, 3.8) is 0 Å². The lowest BCUT2D eigenvalue weighted by Crippen LogP contribution is -2.31. The summed E-state index contributed by atoms with van der Waals surface area (Å²) in [6.45, 7) is 1.36. The van der Waals surface area contributed by atoms with Gasteiger partial charge in [0.2, 0.25) is 0 Å². The third-order valence-electron chi connectivity index (χ3n) is 4.92. The van der Waals surface area contributed by atoms with Crippen molar-refractivity contribution in [1.82, 2.24) is 20.0 Å². The molecule has 3 aromatic carbocycles. The molecule has 158 valence electrons. The first-order valence-corrected chi connectivity index (χ1v) is 10.0. The first kappa shape index (κ1) is 20.6. The van der Waals surface area contributed by atoms with E-state index in [9.17, 15) is 9.18 Å². The molecule has 0 unspecified atom stereocenters. The highest BCUT2D eigenvalue weighted by Gasteiger charge is 2.10. The van der Waals surface area contributed by atoms with Gasteiger partial charge in [-0.25, -0.2) is 9.07 Å². The van der Waals surface area contributed by atoms with Gasteiger partial charge in [-0.1, -0.05) is 18.2 Å². The van der Waals surface area contributed by atoms with Gasteiger partial charge >= 0.3 is 0 Å². The average molecular weight is 417 g/mol. The summed E-state index contributed by atoms with van der Waals surface area (Å²) in [6.07, 6.45) is 1.76. The minimum absolute atomic E-state index is 0.114. The maximum atomic E-state index is 13.9. The Kier molecular flexibility index (Phi) is 5.95. The number of carbonyl (C=O) groups excluding carboxylic acids is 1. The molecular formula is C24H24FN5O. The Morgan fingerprint density at radius 3 is 2.71 bits per heavy atom. The van der Waals surface area contributed by atoms with Gasteiger partial charge in [-0.3, -0.25) is 4.79 Å². The molecule has 1 amide bonds. The molecule has 0 radical (unpaired) electrons. The quantitative estimate of drug-likeness (QED) is 0.473. The summed E-state index contributed by atoms with van der Waals surface area (Å²) in [7, 11) is 3.93. The second kappa shape index (κ2) is 8.97. The van der Waals surface area contributed by atoms with E-state index in [-0.39, 0.29) is 11.7 Å². The van der Waals surface area contributed by atoms with Crippen LogP contribution in [0.4, 0.5) is 15.8 Å². The molecule has 6 nitrogen and oxygen atoms in total. The Hall–Kier alpha value is -3.71. The zero-order chi connectivity index (χ0) is 21.8. The second-order valence-electron chi connectivity index (χ2n) is 7.54. The van der Waals surface area contributed by atoms with Gasteiger partial charge in [-0.05, 0) is 62.6 Å². The number of amides is 1. The van der Waals surface area contributed by atoms with Gasteiger partial charge in [-0.15, -0.1) is 0 Å². The number of halogens is 1. The van der Waals surface area contributed by atoms with Crippen LogP contribution in [0.15, 0.2) is 72.9 Å². The van der Waals surface area contributed by atoms with E-state index >= 15 is 0 Å². The van der Waals surface area contributed by atoms with Crippen molar-refractivity contribution in [1.29, 1.82) is 0 Å². The average Bonchev–Trinajstić information content (AvgIpc) is 3.18. The number of hydrogen-bond acceptors (Lipinski definition) is 4. The Balaban J connectivity index is 1.56. The highest BCUT2D eigenvalue weighted by atomic mass is 19.1. The number of nitrogens with one attached hydrogen (secondary N) is 2. The zero-order valence-electron chi connectivity index (χ0n) is 17.5. The molecule has 0 aliphatic carbocycles. The monoisotopic (exact) mass is 417 g/mol. The molecule has 1 aromatic heterocycles. The molecule has 2 N–H and O–H groups in total. The first-order valence-electron chi connectivity index (χ1n) is 10.0. The first-order chi connectivity index (χ1) is 15.0. The van der Waals surface area contributed by atoms with Crippen molar-refractivity contribution in [3.8, 4) is 5.69 Å². The van der Waals surface area contributed by atoms with Crippen LogP contribution in [0.1, 0.15) is 10.4 Å². The van der Waals surface area contributed by atoms with Crippen LogP contribution in [0.25, 0.3) is 16.6 Å². The lowest BCUT2D eigenvalue weighted by Gasteiger charge is -2.11. The molecular weight excluding hydrogens is 393 g/mol. The SMILES string of the molecule is CN(C)CCNC(=O)c1cccc(-n2ncc3cc(Nc4ccccc4F)ccc32)c1. The maximum Gasteiger partial charge on any atom is 0.251 e. The summed E-state index contributed by atoms with van der Waals surface area (Å²) < 4.78 is 15.7. The van der Waals surface area contributed by atoms with Gasteiger partial charge in [0.1, 0.15) is 5.82 Å². The third-order valence-corrected chi connectivity index (χ3v) is 4.92. The van der Waals surface area contributed by atoms with E-state index in [0.717, 1.165) is 28.8 Å². The van der Waals surface area contributed by atoms with Crippen molar-refractivity contribution in [2.45, 2.75) is 0 Å². The van der Waals surface area contributed by atoms with Crippen LogP contribution in [-0.4, -0.2) is 47.8 Å². The second-order valence-corrected chi connectivity index (χ2v) is 7.54. The van der Waals surface area contributed by atoms with E-state index in [1.165, 1.54) is 6.07 Å². The molecule has 4 aromatic rings. The Labute approximate surface area is 180 Å². The summed E-state index contributed by atoms with van der Waals surface area (Å²) in [5.74, 6) is -0.421. The van der Waals surface area contributed by atoms with Crippen molar-refractivity contribution in [2.75, 3.05) is 32.5 Å². The molecule has 0 saturated carbocycles. The summed E-state index contributed by atoms with van der Waals surface area (Å²) in [5, 5.41) is 11.4. The molecule has 1 heterocycles. The number of fused-ring (bicyclic) bond motifs is 1. The largest absolute Gasteiger partial charge is 0.353 e. The van der Waals surface area contributed by atoms with E-state index in [1.807, 2.05) is 55.4 Å². The Morgan fingerprint density at radius 1 is 1.06 bits per heavy atom. The number of likely N-dealkylation sites (N-methyl/N-ethyl adjacent to an activating group) is 1. The van der Waals surface area contributed by atoms with Crippen LogP contribution < -0.4 is 10.6 Å². The fourth-order valence-corrected chi connectivity index (χ4v) is 3.31. The summed E-state index contributed by atoms with van der Waals surface area (Å²) in [4.78, 5) is 14.5. The van der Waals surface area contributed by atoms with Crippen molar-refractivity contribution < 1.29 is 9.18 Å². The summed E-state index contributed by atoms with van der Waals surface area (Å²) in [5.41, 5.74) is 3.46.